The van der Waals surface area contributed by atoms with Crippen LogP contribution in [0.25, 0.3) is 0 Å². The van der Waals surface area contributed by atoms with Crippen LogP contribution in [0.4, 0.5) is 0 Å². The Bertz CT molecular complexity index is 328. The lowest BCUT2D eigenvalue weighted by atomic mass is 9.96. The smallest absolute Gasteiger partial charge is 0.320 e. The van der Waals surface area contributed by atoms with Crippen molar-refractivity contribution in [2.45, 2.75) is 38.6 Å². The van der Waals surface area contributed by atoms with Crippen LogP contribution in [0.2, 0.25) is 0 Å². The molecule has 102 valence electrons. The second-order valence-corrected chi connectivity index (χ2v) is 5.54. The van der Waals surface area contributed by atoms with Crippen molar-refractivity contribution in [2.24, 2.45) is 11.8 Å². The van der Waals surface area contributed by atoms with Gasteiger partial charge in [0.2, 0.25) is 5.91 Å². The third kappa shape index (κ3) is 3.45. The number of carboxylic acids is 1. The molecule has 1 heterocycles. The fraction of sp³-hybridized carbons (Fsp3) is 0.846. The molecular weight excluding hydrogens is 232 g/mol. The lowest BCUT2D eigenvalue weighted by molar-refractivity contribution is -0.144. The van der Waals surface area contributed by atoms with Gasteiger partial charge in [0.05, 0.1) is 5.92 Å². The third-order valence-corrected chi connectivity index (χ3v) is 3.99. The number of likely N-dealkylation sites (tertiary alicyclic amines) is 1. The van der Waals surface area contributed by atoms with Crippen LogP contribution in [0, 0.1) is 11.8 Å². The van der Waals surface area contributed by atoms with Crippen molar-refractivity contribution in [2.75, 3.05) is 19.6 Å². The Balaban J connectivity index is 1.81. The zero-order valence-corrected chi connectivity index (χ0v) is 10.9. The Kier molecular flexibility index (Phi) is 4.22. The predicted molar refractivity (Wildman–Crippen MR) is 67.1 cm³/mol. The van der Waals surface area contributed by atoms with Crippen LogP contribution in [-0.2, 0) is 9.59 Å². The minimum absolute atomic E-state index is 0.0423. The molecule has 2 rings (SSSR count). The molecule has 2 atom stereocenters. The molecule has 0 bridgehead atoms. The molecule has 2 fully saturated rings. The summed E-state index contributed by atoms with van der Waals surface area (Å²) in [6.45, 7) is 3.83. The van der Waals surface area contributed by atoms with Gasteiger partial charge in [-0.3, -0.25) is 14.5 Å². The van der Waals surface area contributed by atoms with Gasteiger partial charge in [-0.1, -0.05) is 0 Å². The standard InChI is InChI=1S/C13H22N2O3/c1-9(13(17)18)15-6-2-3-11(8-15)12(16)14-7-10-4-5-10/h9-11H,2-8H2,1H3,(H,14,16)(H,17,18)/t9-,11-/m0/s1. The van der Waals surface area contributed by atoms with Gasteiger partial charge in [0.25, 0.3) is 0 Å². The van der Waals surface area contributed by atoms with Gasteiger partial charge in [-0.2, -0.15) is 0 Å². The van der Waals surface area contributed by atoms with Crippen molar-refractivity contribution >= 4 is 11.9 Å². The zero-order chi connectivity index (χ0) is 13.1. The molecule has 0 aromatic carbocycles. The molecule has 5 nitrogen and oxygen atoms in total. The maximum Gasteiger partial charge on any atom is 0.320 e. The van der Waals surface area contributed by atoms with E-state index in [2.05, 4.69) is 5.32 Å². The number of amides is 1. The Labute approximate surface area is 108 Å². The average Bonchev–Trinajstić information content (AvgIpc) is 3.19. The molecule has 1 amide bonds. The minimum Gasteiger partial charge on any atom is -0.480 e. The summed E-state index contributed by atoms with van der Waals surface area (Å²) in [6, 6.07) is -0.496. The van der Waals surface area contributed by atoms with Crippen molar-refractivity contribution in [1.29, 1.82) is 0 Å². The first kappa shape index (κ1) is 13.3. The maximum absolute atomic E-state index is 12.0. The Morgan fingerprint density at radius 1 is 1.39 bits per heavy atom. The normalized spacial score (nSPS) is 26.6. The first-order valence-corrected chi connectivity index (χ1v) is 6.82. The van der Waals surface area contributed by atoms with E-state index < -0.39 is 12.0 Å². The summed E-state index contributed by atoms with van der Waals surface area (Å²) in [4.78, 5) is 24.8. The fourth-order valence-corrected chi connectivity index (χ4v) is 2.44. The first-order chi connectivity index (χ1) is 8.58. The first-order valence-electron chi connectivity index (χ1n) is 6.82. The Hall–Kier alpha value is -1.10. The molecule has 18 heavy (non-hydrogen) atoms. The summed E-state index contributed by atoms with van der Waals surface area (Å²) < 4.78 is 0. The van der Waals surface area contributed by atoms with Gasteiger partial charge in [0.1, 0.15) is 6.04 Å². The quantitative estimate of drug-likeness (QED) is 0.757. The van der Waals surface area contributed by atoms with Crippen molar-refractivity contribution < 1.29 is 14.7 Å². The van der Waals surface area contributed by atoms with Crippen LogP contribution < -0.4 is 5.32 Å². The number of carbonyl (C=O) groups excluding carboxylic acids is 1. The summed E-state index contributed by atoms with van der Waals surface area (Å²) in [7, 11) is 0. The van der Waals surface area contributed by atoms with Gasteiger partial charge in [0, 0.05) is 13.1 Å². The third-order valence-electron chi connectivity index (χ3n) is 3.99. The van der Waals surface area contributed by atoms with Gasteiger partial charge in [-0.15, -0.1) is 0 Å². The van der Waals surface area contributed by atoms with E-state index in [4.69, 9.17) is 5.11 Å². The van der Waals surface area contributed by atoms with E-state index in [0.29, 0.717) is 12.5 Å². The SMILES string of the molecule is C[C@@H](C(=O)O)N1CCC[C@H](C(=O)NCC2CC2)C1. The monoisotopic (exact) mass is 254 g/mol. The van der Waals surface area contributed by atoms with Gasteiger partial charge < -0.3 is 10.4 Å². The van der Waals surface area contributed by atoms with E-state index in [-0.39, 0.29) is 11.8 Å². The second kappa shape index (κ2) is 5.69. The average molecular weight is 254 g/mol. The summed E-state index contributed by atoms with van der Waals surface area (Å²) >= 11 is 0. The van der Waals surface area contributed by atoms with E-state index in [9.17, 15) is 9.59 Å². The molecule has 0 radical (unpaired) electrons. The van der Waals surface area contributed by atoms with Crippen LogP contribution in [-0.4, -0.2) is 47.6 Å². The largest absolute Gasteiger partial charge is 0.480 e. The molecule has 1 aliphatic carbocycles. The fourth-order valence-electron chi connectivity index (χ4n) is 2.44. The van der Waals surface area contributed by atoms with E-state index >= 15 is 0 Å². The van der Waals surface area contributed by atoms with Crippen molar-refractivity contribution in [3.63, 3.8) is 0 Å². The number of piperidine rings is 1. The van der Waals surface area contributed by atoms with E-state index in [1.807, 2.05) is 4.90 Å². The van der Waals surface area contributed by atoms with E-state index in [0.717, 1.165) is 25.9 Å². The molecule has 0 aromatic heterocycles. The Morgan fingerprint density at radius 3 is 2.72 bits per heavy atom. The number of hydrogen-bond donors (Lipinski definition) is 2. The summed E-state index contributed by atoms with van der Waals surface area (Å²) in [5.41, 5.74) is 0. The molecule has 2 aliphatic rings. The van der Waals surface area contributed by atoms with Gasteiger partial charge in [0.15, 0.2) is 0 Å². The Morgan fingerprint density at radius 2 is 2.11 bits per heavy atom. The van der Waals surface area contributed by atoms with Crippen LogP contribution in [0.15, 0.2) is 0 Å². The topological polar surface area (TPSA) is 69.6 Å². The summed E-state index contributed by atoms with van der Waals surface area (Å²) in [6.07, 6.45) is 4.23. The molecule has 0 spiro atoms. The van der Waals surface area contributed by atoms with Crippen molar-refractivity contribution in [1.82, 2.24) is 10.2 Å². The minimum atomic E-state index is -0.811. The molecule has 5 heteroatoms. The highest BCUT2D eigenvalue weighted by Gasteiger charge is 2.31. The van der Waals surface area contributed by atoms with Crippen molar-refractivity contribution in [3.05, 3.63) is 0 Å². The van der Waals surface area contributed by atoms with Gasteiger partial charge >= 0.3 is 5.97 Å². The maximum atomic E-state index is 12.0. The van der Waals surface area contributed by atoms with Crippen molar-refractivity contribution in [3.8, 4) is 0 Å². The molecule has 1 saturated carbocycles. The van der Waals surface area contributed by atoms with Crippen LogP contribution in [0.3, 0.4) is 0 Å². The number of aliphatic carboxylic acids is 1. The molecule has 1 saturated heterocycles. The molecular formula is C13H22N2O3. The van der Waals surface area contributed by atoms with E-state index in [1.54, 1.807) is 6.92 Å². The predicted octanol–water partition coefficient (Wildman–Crippen LogP) is 0.698. The number of carbonyl (C=O) groups is 2. The van der Waals surface area contributed by atoms with Gasteiger partial charge in [-0.25, -0.2) is 0 Å². The highest BCUT2D eigenvalue weighted by atomic mass is 16.4. The second-order valence-electron chi connectivity index (χ2n) is 5.54. The number of nitrogens with one attached hydrogen (secondary N) is 1. The zero-order valence-electron chi connectivity index (χ0n) is 10.9. The molecule has 2 N–H and O–H groups in total. The molecule has 1 aliphatic heterocycles. The lowest BCUT2D eigenvalue weighted by Gasteiger charge is -2.34. The lowest BCUT2D eigenvalue weighted by Crippen LogP contribution is -2.48. The number of hydrogen-bond acceptors (Lipinski definition) is 3. The highest BCUT2D eigenvalue weighted by molar-refractivity contribution is 5.79. The highest BCUT2D eigenvalue weighted by Crippen LogP contribution is 2.28. The number of nitrogens with zero attached hydrogens (tertiary/aromatic N) is 1. The summed E-state index contributed by atoms with van der Waals surface area (Å²) in [5.74, 6) is -0.0656. The molecule has 0 aromatic rings. The number of carboxylic acid groups (broad SMARTS) is 1. The molecule has 0 unspecified atom stereocenters. The van der Waals surface area contributed by atoms with Gasteiger partial charge in [-0.05, 0) is 45.1 Å². The summed E-state index contributed by atoms with van der Waals surface area (Å²) in [5, 5.41) is 12.0. The van der Waals surface area contributed by atoms with Crippen LogP contribution in [0.1, 0.15) is 32.6 Å². The number of rotatable bonds is 5. The van der Waals surface area contributed by atoms with Crippen LogP contribution in [0.5, 0.6) is 0 Å². The van der Waals surface area contributed by atoms with E-state index in [1.165, 1.54) is 12.8 Å². The van der Waals surface area contributed by atoms with Crippen LogP contribution >= 0.6 is 0 Å².